The van der Waals surface area contributed by atoms with Gasteiger partial charge in [-0.15, -0.1) is 12.4 Å². The van der Waals surface area contributed by atoms with Crippen LogP contribution in [0.5, 0.6) is 0 Å². The number of nitrogens with one attached hydrogen (secondary N) is 1. The fourth-order valence-corrected chi connectivity index (χ4v) is 3.89. The highest BCUT2D eigenvalue weighted by Gasteiger charge is 2.30. The Morgan fingerprint density at radius 1 is 1.38 bits per heavy atom. The molecule has 1 N–H and O–H groups in total. The summed E-state index contributed by atoms with van der Waals surface area (Å²) in [5.41, 5.74) is -0.174. The van der Waals surface area contributed by atoms with Crippen LogP contribution in [-0.2, 0) is 10.0 Å². The minimum absolute atomic E-state index is 0. The van der Waals surface area contributed by atoms with Gasteiger partial charge in [-0.3, -0.25) is 0 Å². The highest BCUT2D eigenvalue weighted by molar-refractivity contribution is 7.89. The van der Waals surface area contributed by atoms with E-state index in [-0.39, 0.29) is 29.6 Å². The molecule has 1 saturated heterocycles. The third-order valence-corrected chi connectivity index (χ3v) is 4.69. The molecule has 0 aliphatic carbocycles. The van der Waals surface area contributed by atoms with Crippen LogP contribution in [0, 0.1) is 5.41 Å². The molecule has 0 bridgehead atoms. The first-order valence-corrected chi connectivity index (χ1v) is 7.03. The average Bonchev–Trinajstić information content (AvgIpc) is 1.99. The predicted octanol–water partition coefficient (Wildman–Crippen LogP) is 1.08. The Bertz CT molecular complexity index is 311. The van der Waals surface area contributed by atoms with Crippen molar-refractivity contribution in [2.75, 3.05) is 25.4 Å². The third kappa shape index (κ3) is 4.99. The summed E-state index contributed by atoms with van der Waals surface area (Å²) in [4.78, 5) is 0. The second-order valence-corrected chi connectivity index (χ2v) is 7.50. The quantitative estimate of drug-likeness (QED) is 0.817. The molecule has 0 spiro atoms. The van der Waals surface area contributed by atoms with Crippen molar-refractivity contribution in [2.45, 2.75) is 33.7 Å². The van der Waals surface area contributed by atoms with Crippen LogP contribution in [0.15, 0.2) is 0 Å². The standard InChI is InChI=1S/C10H22N2O2S.ClH/c1-9-7-12(6-5-11-9)15(13,14)8-10(2,3)4;/h9,11H,5-8H2,1-4H3;1H. The first kappa shape index (κ1) is 16.2. The van der Waals surface area contributed by atoms with E-state index in [1.807, 2.05) is 27.7 Å². The second-order valence-electron chi connectivity index (χ2n) is 5.53. The zero-order valence-electron chi connectivity index (χ0n) is 10.5. The SMILES string of the molecule is CC1CN(S(=O)(=O)CC(C)(C)C)CCN1.Cl. The van der Waals surface area contributed by atoms with Gasteiger partial charge in [0.2, 0.25) is 10.0 Å². The number of sulfonamides is 1. The lowest BCUT2D eigenvalue weighted by Crippen LogP contribution is -2.52. The Balaban J connectivity index is 0.00000225. The van der Waals surface area contributed by atoms with E-state index < -0.39 is 10.0 Å². The zero-order chi connectivity index (χ0) is 11.7. The van der Waals surface area contributed by atoms with Gasteiger partial charge in [0.1, 0.15) is 0 Å². The highest BCUT2D eigenvalue weighted by atomic mass is 35.5. The first-order valence-electron chi connectivity index (χ1n) is 5.42. The molecule has 1 heterocycles. The van der Waals surface area contributed by atoms with E-state index in [4.69, 9.17) is 0 Å². The maximum absolute atomic E-state index is 12.0. The van der Waals surface area contributed by atoms with Crippen molar-refractivity contribution in [1.29, 1.82) is 0 Å². The van der Waals surface area contributed by atoms with Gasteiger partial charge in [-0.25, -0.2) is 8.42 Å². The van der Waals surface area contributed by atoms with E-state index in [0.29, 0.717) is 13.1 Å². The third-order valence-electron chi connectivity index (χ3n) is 2.34. The largest absolute Gasteiger partial charge is 0.312 e. The van der Waals surface area contributed by atoms with E-state index in [2.05, 4.69) is 5.32 Å². The molecule has 1 aliphatic rings. The maximum Gasteiger partial charge on any atom is 0.214 e. The molecule has 1 unspecified atom stereocenters. The molecule has 0 aromatic carbocycles. The zero-order valence-corrected chi connectivity index (χ0v) is 12.1. The number of piperazine rings is 1. The molecule has 0 aromatic heterocycles. The molecule has 0 saturated carbocycles. The van der Waals surface area contributed by atoms with E-state index in [0.717, 1.165) is 6.54 Å². The van der Waals surface area contributed by atoms with Gasteiger partial charge in [0, 0.05) is 25.7 Å². The van der Waals surface area contributed by atoms with Crippen molar-refractivity contribution in [3.63, 3.8) is 0 Å². The summed E-state index contributed by atoms with van der Waals surface area (Å²) in [5.74, 6) is 0.229. The molecule has 16 heavy (non-hydrogen) atoms. The number of nitrogens with zero attached hydrogens (tertiary/aromatic N) is 1. The monoisotopic (exact) mass is 270 g/mol. The average molecular weight is 271 g/mol. The fourth-order valence-electron chi connectivity index (χ4n) is 1.79. The molecule has 1 fully saturated rings. The van der Waals surface area contributed by atoms with E-state index in [9.17, 15) is 8.42 Å². The minimum atomic E-state index is -3.08. The van der Waals surface area contributed by atoms with Crippen LogP contribution in [-0.4, -0.2) is 44.2 Å². The summed E-state index contributed by atoms with van der Waals surface area (Å²) in [6.45, 7) is 9.83. The van der Waals surface area contributed by atoms with Gasteiger partial charge in [0.15, 0.2) is 0 Å². The Labute approximate surface area is 105 Å². The molecule has 1 atom stereocenters. The highest BCUT2D eigenvalue weighted by Crippen LogP contribution is 2.19. The smallest absolute Gasteiger partial charge is 0.214 e. The van der Waals surface area contributed by atoms with E-state index in [1.54, 1.807) is 4.31 Å². The lowest BCUT2D eigenvalue weighted by molar-refractivity contribution is 0.304. The lowest BCUT2D eigenvalue weighted by atomic mass is 10.0. The number of hydrogen-bond acceptors (Lipinski definition) is 3. The predicted molar refractivity (Wildman–Crippen MR) is 69.5 cm³/mol. The number of hydrogen-bond donors (Lipinski definition) is 1. The maximum atomic E-state index is 12.0. The molecule has 4 nitrogen and oxygen atoms in total. The fraction of sp³-hybridized carbons (Fsp3) is 1.00. The Morgan fingerprint density at radius 2 is 1.94 bits per heavy atom. The van der Waals surface area contributed by atoms with E-state index >= 15 is 0 Å². The molecular formula is C10H23ClN2O2S. The van der Waals surface area contributed by atoms with Crippen LogP contribution >= 0.6 is 12.4 Å². The van der Waals surface area contributed by atoms with Gasteiger partial charge in [-0.2, -0.15) is 4.31 Å². The van der Waals surface area contributed by atoms with Crippen LogP contribution in [0.25, 0.3) is 0 Å². The normalized spacial score (nSPS) is 23.9. The van der Waals surface area contributed by atoms with Crippen LogP contribution in [0.3, 0.4) is 0 Å². The summed E-state index contributed by atoms with van der Waals surface area (Å²) in [7, 11) is -3.08. The Morgan fingerprint density at radius 3 is 2.38 bits per heavy atom. The Kier molecular flexibility index (Phi) is 5.72. The first-order chi connectivity index (χ1) is 6.71. The van der Waals surface area contributed by atoms with Gasteiger partial charge in [0.25, 0.3) is 0 Å². The van der Waals surface area contributed by atoms with Gasteiger partial charge in [-0.1, -0.05) is 20.8 Å². The van der Waals surface area contributed by atoms with Crippen LogP contribution in [0.1, 0.15) is 27.7 Å². The molecular weight excluding hydrogens is 248 g/mol. The summed E-state index contributed by atoms with van der Waals surface area (Å²) in [5, 5.41) is 3.24. The van der Waals surface area contributed by atoms with Crippen LogP contribution in [0.2, 0.25) is 0 Å². The van der Waals surface area contributed by atoms with Crippen molar-refractivity contribution < 1.29 is 8.42 Å². The molecule has 98 valence electrons. The van der Waals surface area contributed by atoms with Crippen LogP contribution < -0.4 is 5.32 Å². The van der Waals surface area contributed by atoms with Gasteiger partial charge >= 0.3 is 0 Å². The van der Waals surface area contributed by atoms with Crippen molar-refractivity contribution in [3.8, 4) is 0 Å². The van der Waals surface area contributed by atoms with Crippen molar-refractivity contribution in [1.82, 2.24) is 9.62 Å². The lowest BCUT2D eigenvalue weighted by Gasteiger charge is -2.33. The minimum Gasteiger partial charge on any atom is -0.312 e. The number of halogens is 1. The molecule has 0 amide bonds. The summed E-state index contributed by atoms with van der Waals surface area (Å²) in [6.07, 6.45) is 0. The van der Waals surface area contributed by atoms with Crippen molar-refractivity contribution in [2.24, 2.45) is 5.41 Å². The molecule has 0 aromatic rings. The second kappa shape index (κ2) is 5.67. The molecule has 6 heteroatoms. The number of rotatable bonds is 2. The molecule has 1 rings (SSSR count). The molecule has 1 aliphatic heterocycles. The Hall–Kier alpha value is 0.160. The van der Waals surface area contributed by atoms with Gasteiger partial charge in [-0.05, 0) is 12.3 Å². The summed E-state index contributed by atoms with van der Waals surface area (Å²) >= 11 is 0. The van der Waals surface area contributed by atoms with Gasteiger partial charge < -0.3 is 5.32 Å². The van der Waals surface area contributed by atoms with E-state index in [1.165, 1.54) is 0 Å². The van der Waals surface area contributed by atoms with Gasteiger partial charge in [0.05, 0.1) is 5.75 Å². The summed E-state index contributed by atoms with van der Waals surface area (Å²) in [6, 6.07) is 0.258. The summed E-state index contributed by atoms with van der Waals surface area (Å²) < 4.78 is 25.7. The van der Waals surface area contributed by atoms with Crippen molar-refractivity contribution >= 4 is 22.4 Å². The van der Waals surface area contributed by atoms with Crippen molar-refractivity contribution in [3.05, 3.63) is 0 Å². The molecule has 0 radical (unpaired) electrons. The topological polar surface area (TPSA) is 49.4 Å². The van der Waals surface area contributed by atoms with Crippen LogP contribution in [0.4, 0.5) is 0 Å².